The number of carbonyl (C=O) groups excluding carboxylic acids is 1. The molecule has 0 bridgehead atoms. The van der Waals surface area contributed by atoms with Crippen molar-refractivity contribution in [1.82, 2.24) is 15.2 Å². The van der Waals surface area contributed by atoms with Crippen molar-refractivity contribution in [2.45, 2.75) is 20.3 Å². The van der Waals surface area contributed by atoms with Gasteiger partial charge in [-0.3, -0.25) is 4.79 Å². The molecule has 24 heavy (non-hydrogen) atoms. The van der Waals surface area contributed by atoms with Crippen molar-refractivity contribution >= 4 is 17.3 Å². The van der Waals surface area contributed by atoms with Crippen molar-refractivity contribution in [2.24, 2.45) is 0 Å². The van der Waals surface area contributed by atoms with Crippen molar-refractivity contribution in [1.29, 1.82) is 0 Å². The monoisotopic (exact) mass is 326 g/mol. The molecule has 5 heteroatoms. The van der Waals surface area contributed by atoms with Gasteiger partial charge in [0.05, 0.1) is 11.9 Å². The second kappa shape index (κ2) is 8.45. The fourth-order valence-electron chi connectivity index (χ4n) is 2.33. The summed E-state index contributed by atoms with van der Waals surface area (Å²) in [5.41, 5.74) is 4.80. The molecule has 0 aliphatic rings. The Morgan fingerprint density at radius 1 is 1.17 bits per heavy atom. The number of benzene rings is 1. The molecule has 2 N–H and O–H groups in total. The predicted molar refractivity (Wildman–Crippen MR) is 98.9 cm³/mol. The highest BCUT2D eigenvalue weighted by Gasteiger charge is 2.07. The molecule has 0 fully saturated rings. The second-order valence-electron chi connectivity index (χ2n) is 6.22. The van der Waals surface area contributed by atoms with Crippen LogP contribution in [0.4, 0.5) is 11.4 Å². The highest BCUT2D eigenvalue weighted by atomic mass is 16.1. The minimum absolute atomic E-state index is 0.132. The Morgan fingerprint density at radius 2 is 1.96 bits per heavy atom. The molecular formula is C19H26N4O. The first kappa shape index (κ1) is 17.9. The molecule has 0 unspecified atom stereocenters. The first-order chi connectivity index (χ1) is 11.5. The van der Waals surface area contributed by atoms with E-state index in [1.54, 1.807) is 12.3 Å². The van der Waals surface area contributed by atoms with E-state index in [1.165, 1.54) is 11.1 Å². The number of amides is 1. The number of hydrogen-bond acceptors (Lipinski definition) is 4. The maximum Gasteiger partial charge on any atom is 0.269 e. The summed E-state index contributed by atoms with van der Waals surface area (Å²) in [5.74, 6) is -0.132. The summed E-state index contributed by atoms with van der Waals surface area (Å²) < 4.78 is 0. The van der Waals surface area contributed by atoms with Crippen molar-refractivity contribution < 1.29 is 4.79 Å². The van der Waals surface area contributed by atoms with Gasteiger partial charge in [-0.25, -0.2) is 4.98 Å². The van der Waals surface area contributed by atoms with Crippen molar-refractivity contribution in [3.05, 3.63) is 53.3 Å². The first-order valence-electron chi connectivity index (χ1n) is 8.19. The van der Waals surface area contributed by atoms with Crippen LogP contribution in [0.3, 0.4) is 0 Å². The van der Waals surface area contributed by atoms with Crippen molar-refractivity contribution in [2.75, 3.05) is 32.5 Å². The maximum absolute atomic E-state index is 12.1. The molecule has 0 saturated carbocycles. The topological polar surface area (TPSA) is 57.3 Å². The largest absolute Gasteiger partial charge is 0.354 e. The van der Waals surface area contributed by atoms with Gasteiger partial charge in [0.2, 0.25) is 0 Å². The lowest BCUT2D eigenvalue weighted by atomic mass is 10.1. The van der Waals surface area contributed by atoms with Gasteiger partial charge >= 0.3 is 0 Å². The van der Waals surface area contributed by atoms with Gasteiger partial charge in [-0.1, -0.05) is 12.1 Å². The number of rotatable bonds is 7. The van der Waals surface area contributed by atoms with Crippen molar-refractivity contribution in [3.8, 4) is 0 Å². The zero-order valence-corrected chi connectivity index (χ0v) is 14.9. The summed E-state index contributed by atoms with van der Waals surface area (Å²) in [6.45, 7) is 5.77. The molecule has 2 aromatic rings. The van der Waals surface area contributed by atoms with Gasteiger partial charge in [0.1, 0.15) is 5.69 Å². The lowest BCUT2D eigenvalue weighted by Gasteiger charge is -2.12. The Bertz CT molecular complexity index is 680. The van der Waals surface area contributed by atoms with Crippen molar-refractivity contribution in [3.63, 3.8) is 0 Å². The Labute approximate surface area is 144 Å². The molecule has 0 radical (unpaired) electrons. The molecule has 2 rings (SSSR count). The second-order valence-corrected chi connectivity index (χ2v) is 6.22. The molecule has 0 spiro atoms. The fourth-order valence-corrected chi connectivity index (χ4v) is 2.33. The van der Waals surface area contributed by atoms with Crippen LogP contribution in [-0.2, 0) is 0 Å². The minimum atomic E-state index is -0.132. The first-order valence-corrected chi connectivity index (χ1v) is 8.19. The average Bonchev–Trinajstić information content (AvgIpc) is 2.56. The summed E-state index contributed by atoms with van der Waals surface area (Å²) in [5, 5.41) is 6.24. The van der Waals surface area contributed by atoms with Crippen LogP contribution < -0.4 is 10.6 Å². The fraction of sp³-hybridized carbons (Fsp3) is 0.368. The zero-order valence-electron chi connectivity index (χ0n) is 14.9. The number of carbonyl (C=O) groups is 1. The standard InChI is InChI=1S/C19H26N4O/c1-14-7-5-8-17(15(14)2)22-16-9-10-18(21-13-16)19(24)20-11-6-12-23(3)4/h5,7-10,13,22H,6,11-12H2,1-4H3,(H,20,24). The van der Waals surface area contributed by atoms with E-state index in [2.05, 4.69) is 40.4 Å². The molecular weight excluding hydrogens is 300 g/mol. The molecule has 0 aliphatic heterocycles. The number of nitrogens with zero attached hydrogens (tertiary/aromatic N) is 2. The van der Waals surface area contributed by atoms with Gasteiger partial charge in [0, 0.05) is 12.2 Å². The van der Waals surface area contributed by atoms with E-state index in [1.807, 2.05) is 32.3 Å². The van der Waals surface area contributed by atoms with Crippen LogP contribution in [0.25, 0.3) is 0 Å². The molecule has 0 atom stereocenters. The van der Waals surface area contributed by atoms with E-state index in [9.17, 15) is 4.79 Å². The van der Waals surface area contributed by atoms with Gasteiger partial charge in [-0.15, -0.1) is 0 Å². The van der Waals surface area contributed by atoms with Gasteiger partial charge in [0.15, 0.2) is 0 Å². The van der Waals surface area contributed by atoms with Crippen LogP contribution in [0, 0.1) is 13.8 Å². The summed E-state index contributed by atoms with van der Waals surface area (Å²) in [6.07, 6.45) is 2.61. The van der Waals surface area contributed by atoms with Gasteiger partial charge in [-0.2, -0.15) is 0 Å². The number of pyridine rings is 1. The normalized spacial score (nSPS) is 10.7. The quantitative estimate of drug-likeness (QED) is 0.768. The smallest absolute Gasteiger partial charge is 0.269 e. The van der Waals surface area contributed by atoms with E-state index in [0.717, 1.165) is 24.3 Å². The predicted octanol–water partition coefficient (Wildman–Crippen LogP) is 3.12. The van der Waals surface area contributed by atoms with Gasteiger partial charge < -0.3 is 15.5 Å². The molecule has 5 nitrogen and oxygen atoms in total. The highest BCUT2D eigenvalue weighted by Crippen LogP contribution is 2.22. The Balaban J connectivity index is 1.93. The van der Waals surface area contributed by atoms with Crippen LogP contribution in [0.5, 0.6) is 0 Å². The third-order valence-electron chi connectivity index (χ3n) is 3.95. The van der Waals surface area contributed by atoms with Crippen LogP contribution in [0.15, 0.2) is 36.5 Å². The van der Waals surface area contributed by atoms with Gasteiger partial charge in [0.25, 0.3) is 5.91 Å². The van der Waals surface area contributed by atoms with E-state index in [4.69, 9.17) is 0 Å². The molecule has 1 amide bonds. The lowest BCUT2D eigenvalue weighted by molar-refractivity contribution is 0.0947. The Kier molecular flexibility index (Phi) is 6.32. The summed E-state index contributed by atoms with van der Waals surface area (Å²) in [6, 6.07) is 9.77. The minimum Gasteiger partial charge on any atom is -0.354 e. The SMILES string of the molecule is Cc1cccc(Nc2ccc(C(=O)NCCCN(C)C)nc2)c1C. The molecule has 1 aromatic heterocycles. The molecule has 0 aliphatic carbocycles. The summed E-state index contributed by atoms with van der Waals surface area (Å²) >= 11 is 0. The third-order valence-corrected chi connectivity index (χ3v) is 3.95. The lowest BCUT2D eigenvalue weighted by Crippen LogP contribution is -2.27. The van der Waals surface area contributed by atoms with Crippen LogP contribution in [0.2, 0.25) is 0 Å². The molecule has 128 valence electrons. The zero-order chi connectivity index (χ0) is 17.5. The van der Waals surface area contributed by atoms with Crippen LogP contribution in [-0.4, -0.2) is 43.0 Å². The molecule has 1 aromatic carbocycles. The number of anilines is 2. The van der Waals surface area contributed by atoms with E-state index >= 15 is 0 Å². The van der Waals surface area contributed by atoms with Crippen LogP contribution in [0.1, 0.15) is 28.0 Å². The number of aryl methyl sites for hydroxylation is 1. The summed E-state index contributed by atoms with van der Waals surface area (Å²) in [7, 11) is 4.04. The average molecular weight is 326 g/mol. The van der Waals surface area contributed by atoms with E-state index in [0.29, 0.717) is 12.2 Å². The number of aromatic nitrogens is 1. The van der Waals surface area contributed by atoms with Gasteiger partial charge in [-0.05, 0) is 70.2 Å². The Hall–Kier alpha value is -2.40. The third kappa shape index (κ3) is 5.06. The maximum atomic E-state index is 12.1. The molecule has 0 saturated heterocycles. The molecule has 1 heterocycles. The summed E-state index contributed by atoms with van der Waals surface area (Å²) in [4.78, 5) is 18.4. The van der Waals surface area contributed by atoms with E-state index in [-0.39, 0.29) is 5.91 Å². The highest BCUT2D eigenvalue weighted by molar-refractivity contribution is 5.92. The van der Waals surface area contributed by atoms with Crippen LogP contribution >= 0.6 is 0 Å². The Morgan fingerprint density at radius 3 is 2.62 bits per heavy atom. The number of hydrogen-bond donors (Lipinski definition) is 2. The number of nitrogens with one attached hydrogen (secondary N) is 2. The van der Waals surface area contributed by atoms with E-state index < -0.39 is 0 Å².